The van der Waals surface area contributed by atoms with Crippen LogP contribution >= 0.6 is 0 Å². The summed E-state index contributed by atoms with van der Waals surface area (Å²) in [5.41, 5.74) is 3.79. The highest BCUT2D eigenvalue weighted by Gasteiger charge is 2.45. The average molecular weight is 470 g/mol. The van der Waals surface area contributed by atoms with E-state index >= 15 is 0 Å². The summed E-state index contributed by atoms with van der Waals surface area (Å²) in [5.74, 6) is 0. The molecule has 6 nitrogen and oxygen atoms in total. The quantitative estimate of drug-likeness (QED) is 0.656. The van der Waals surface area contributed by atoms with Crippen molar-refractivity contribution in [1.82, 2.24) is 9.80 Å². The molecular weight excluding hydrogens is 435 g/mol. The number of piperidine rings is 1. The van der Waals surface area contributed by atoms with Gasteiger partial charge in [0.1, 0.15) is 0 Å². The van der Waals surface area contributed by atoms with E-state index in [0.717, 1.165) is 72.0 Å². The Morgan fingerprint density at radius 2 is 1.82 bits per heavy atom. The molecule has 0 bridgehead atoms. The molecule has 3 aliphatic heterocycles. The van der Waals surface area contributed by atoms with Crippen LogP contribution in [-0.4, -0.2) is 79.6 Å². The maximum absolute atomic E-state index is 12.7. The number of benzene rings is 1. The number of carbonyl (C=O) groups is 1. The van der Waals surface area contributed by atoms with E-state index in [1.54, 1.807) is 0 Å². The molecule has 1 unspecified atom stereocenters. The summed E-state index contributed by atoms with van der Waals surface area (Å²) < 4.78 is 48.3. The Balaban J connectivity index is 1.38. The largest absolute Gasteiger partial charge is 0.437 e. The minimum absolute atomic E-state index is 0.00353. The SMILES string of the molecule is Cc1ccc(CN2CCCC23CCN(C(=O)OC(C)C(F)(F)F)CC3)cc1N1CCOCC1. The van der Waals surface area contributed by atoms with Crippen LogP contribution in [0.25, 0.3) is 0 Å². The van der Waals surface area contributed by atoms with Crippen LogP contribution in [0.3, 0.4) is 0 Å². The van der Waals surface area contributed by atoms with Crippen molar-refractivity contribution < 1.29 is 27.4 Å². The van der Waals surface area contributed by atoms with E-state index in [9.17, 15) is 18.0 Å². The molecule has 1 spiro atoms. The summed E-state index contributed by atoms with van der Waals surface area (Å²) in [4.78, 5) is 18.5. The second-order valence-corrected chi connectivity index (χ2v) is 9.52. The molecule has 3 aliphatic rings. The average Bonchev–Trinajstić information content (AvgIpc) is 3.16. The van der Waals surface area contributed by atoms with Crippen molar-refractivity contribution in [2.24, 2.45) is 0 Å². The van der Waals surface area contributed by atoms with Crippen LogP contribution in [-0.2, 0) is 16.0 Å². The van der Waals surface area contributed by atoms with E-state index in [4.69, 9.17) is 4.74 Å². The maximum atomic E-state index is 12.7. The van der Waals surface area contributed by atoms with Crippen LogP contribution in [0.5, 0.6) is 0 Å². The Morgan fingerprint density at radius 3 is 2.48 bits per heavy atom. The minimum atomic E-state index is -4.54. The first-order valence-corrected chi connectivity index (χ1v) is 11.9. The van der Waals surface area contributed by atoms with Gasteiger partial charge >= 0.3 is 12.3 Å². The summed E-state index contributed by atoms with van der Waals surface area (Å²) in [6.07, 6.45) is -3.84. The van der Waals surface area contributed by atoms with Gasteiger partial charge < -0.3 is 19.3 Å². The lowest BCUT2D eigenvalue weighted by Gasteiger charge is -2.45. The number of hydrogen-bond donors (Lipinski definition) is 0. The Bertz CT molecular complexity index is 834. The van der Waals surface area contributed by atoms with E-state index in [0.29, 0.717) is 13.1 Å². The summed E-state index contributed by atoms with van der Waals surface area (Å²) in [5, 5.41) is 0. The van der Waals surface area contributed by atoms with Crippen molar-refractivity contribution in [3.8, 4) is 0 Å². The lowest BCUT2D eigenvalue weighted by atomic mass is 9.85. The highest BCUT2D eigenvalue weighted by molar-refractivity contribution is 5.68. The zero-order valence-electron chi connectivity index (χ0n) is 19.5. The number of anilines is 1. The predicted octanol–water partition coefficient (Wildman–Crippen LogP) is 4.35. The molecule has 0 radical (unpaired) electrons. The van der Waals surface area contributed by atoms with Crippen LogP contribution in [0.15, 0.2) is 18.2 Å². The molecule has 0 N–H and O–H groups in total. The highest BCUT2D eigenvalue weighted by atomic mass is 19.4. The van der Waals surface area contributed by atoms with E-state index < -0.39 is 18.4 Å². The van der Waals surface area contributed by atoms with Crippen molar-refractivity contribution in [3.05, 3.63) is 29.3 Å². The number of halogens is 3. The van der Waals surface area contributed by atoms with Gasteiger partial charge in [-0.15, -0.1) is 0 Å². The zero-order valence-corrected chi connectivity index (χ0v) is 19.5. The van der Waals surface area contributed by atoms with Gasteiger partial charge in [0.2, 0.25) is 0 Å². The lowest BCUT2D eigenvalue weighted by molar-refractivity contribution is -0.200. The van der Waals surface area contributed by atoms with Crippen LogP contribution in [0.2, 0.25) is 0 Å². The highest BCUT2D eigenvalue weighted by Crippen LogP contribution is 2.40. The number of alkyl halides is 3. The zero-order chi connectivity index (χ0) is 23.6. The molecule has 4 rings (SSSR count). The second-order valence-electron chi connectivity index (χ2n) is 9.52. The van der Waals surface area contributed by atoms with Crippen LogP contribution < -0.4 is 4.90 Å². The molecule has 1 aromatic carbocycles. The number of rotatable bonds is 4. The van der Waals surface area contributed by atoms with Crippen molar-refractivity contribution >= 4 is 11.8 Å². The molecule has 184 valence electrons. The van der Waals surface area contributed by atoms with Gasteiger partial charge in [-0.2, -0.15) is 13.2 Å². The Labute approximate surface area is 193 Å². The molecule has 0 saturated carbocycles. The molecule has 0 aromatic heterocycles. The molecule has 3 saturated heterocycles. The topological polar surface area (TPSA) is 45.2 Å². The Morgan fingerprint density at radius 1 is 1.12 bits per heavy atom. The molecule has 1 aromatic rings. The van der Waals surface area contributed by atoms with Gasteiger partial charge in [0.05, 0.1) is 13.2 Å². The first-order valence-electron chi connectivity index (χ1n) is 11.9. The normalized spacial score (nSPS) is 22.6. The number of hydrogen-bond acceptors (Lipinski definition) is 5. The molecule has 33 heavy (non-hydrogen) atoms. The van der Waals surface area contributed by atoms with E-state index in [1.165, 1.54) is 21.7 Å². The third-order valence-corrected chi connectivity index (χ3v) is 7.43. The van der Waals surface area contributed by atoms with Gasteiger partial charge in [-0.05, 0) is 63.3 Å². The van der Waals surface area contributed by atoms with E-state index in [1.807, 2.05) is 0 Å². The summed E-state index contributed by atoms with van der Waals surface area (Å²) in [6, 6.07) is 6.66. The number of likely N-dealkylation sites (tertiary alicyclic amines) is 2. The Kier molecular flexibility index (Phi) is 7.09. The standard InChI is InChI=1S/C24H34F3N3O3/c1-18-4-5-20(16-21(18)28-12-14-32-15-13-28)17-30-9-3-6-23(30)7-10-29(11-8-23)22(31)33-19(2)24(25,26)27/h4-5,16,19H,3,6-15,17H2,1-2H3. The minimum Gasteiger partial charge on any atom is -0.437 e. The maximum Gasteiger partial charge on any atom is 0.425 e. The molecule has 0 aliphatic carbocycles. The van der Waals surface area contributed by atoms with Gasteiger partial charge in [0.15, 0.2) is 6.10 Å². The third-order valence-electron chi connectivity index (χ3n) is 7.43. The molecule has 3 fully saturated rings. The van der Waals surface area contributed by atoms with Gasteiger partial charge in [-0.25, -0.2) is 4.79 Å². The van der Waals surface area contributed by atoms with Crippen LogP contribution in [0.1, 0.15) is 43.7 Å². The van der Waals surface area contributed by atoms with Crippen LogP contribution in [0.4, 0.5) is 23.7 Å². The fourth-order valence-corrected chi connectivity index (χ4v) is 5.32. The summed E-state index contributed by atoms with van der Waals surface area (Å²) in [7, 11) is 0. The predicted molar refractivity (Wildman–Crippen MR) is 119 cm³/mol. The molecule has 1 atom stereocenters. The fraction of sp³-hybridized carbons (Fsp3) is 0.708. The number of amides is 1. The number of morpholine rings is 1. The van der Waals surface area contributed by atoms with Gasteiger partial charge in [0.25, 0.3) is 0 Å². The van der Waals surface area contributed by atoms with Crippen LogP contribution in [0, 0.1) is 6.92 Å². The van der Waals surface area contributed by atoms with Gasteiger partial charge in [-0.1, -0.05) is 12.1 Å². The van der Waals surface area contributed by atoms with Crippen molar-refractivity contribution in [2.75, 3.05) is 50.8 Å². The number of ether oxygens (including phenoxy) is 2. The summed E-state index contributed by atoms with van der Waals surface area (Å²) >= 11 is 0. The summed E-state index contributed by atoms with van der Waals surface area (Å²) in [6.45, 7) is 8.99. The lowest BCUT2D eigenvalue weighted by Crippen LogP contribution is -2.53. The molecule has 1 amide bonds. The van der Waals surface area contributed by atoms with Crippen molar-refractivity contribution in [1.29, 1.82) is 0 Å². The van der Waals surface area contributed by atoms with Gasteiger partial charge in [0, 0.05) is 44.0 Å². The Hall–Kier alpha value is -2.00. The van der Waals surface area contributed by atoms with E-state index in [-0.39, 0.29) is 5.54 Å². The first-order chi connectivity index (χ1) is 15.7. The number of nitrogens with zero attached hydrogens (tertiary/aromatic N) is 3. The molecular formula is C24H34F3N3O3. The molecule has 3 heterocycles. The monoisotopic (exact) mass is 469 g/mol. The van der Waals surface area contributed by atoms with Crippen molar-refractivity contribution in [2.45, 2.75) is 63.9 Å². The first kappa shape index (κ1) is 24.1. The van der Waals surface area contributed by atoms with Crippen molar-refractivity contribution in [3.63, 3.8) is 0 Å². The second kappa shape index (κ2) is 9.70. The van der Waals surface area contributed by atoms with E-state index in [2.05, 4.69) is 39.7 Å². The smallest absolute Gasteiger partial charge is 0.425 e. The third kappa shape index (κ3) is 5.40. The number of aryl methyl sites for hydroxylation is 1. The molecule has 9 heteroatoms. The van der Waals surface area contributed by atoms with Gasteiger partial charge in [-0.3, -0.25) is 4.90 Å². The fourth-order valence-electron chi connectivity index (χ4n) is 5.32. The number of carbonyl (C=O) groups excluding carboxylic acids is 1.